The third-order valence-electron chi connectivity index (χ3n) is 4.42. The predicted octanol–water partition coefficient (Wildman–Crippen LogP) is 3.25. The lowest BCUT2D eigenvalue weighted by Gasteiger charge is -2.15. The van der Waals surface area contributed by atoms with E-state index in [1.165, 1.54) is 12.1 Å². The van der Waals surface area contributed by atoms with Crippen molar-refractivity contribution in [2.24, 2.45) is 4.99 Å². The van der Waals surface area contributed by atoms with Crippen molar-refractivity contribution in [2.75, 3.05) is 20.2 Å². The highest BCUT2D eigenvalue weighted by molar-refractivity contribution is 5.79. The summed E-state index contributed by atoms with van der Waals surface area (Å²) < 4.78 is 24.5. The van der Waals surface area contributed by atoms with Gasteiger partial charge in [0.1, 0.15) is 18.2 Å². The van der Waals surface area contributed by atoms with Crippen molar-refractivity contribution in [1.82, 2.24) is 10.6 Å². The maximum absolute atomic E-state index is 13.2. The Hall–Kier alpha value is -2.60. The predicted molar refractivity (Wildman–Crippen MR) is 104 cm³/mol. The summed E-state index contributed by atoms with van der Waals surface area (Å²) in [4.78, 5) is 4.24. The van der Waals surface area contributed by atoms with Crippen LogP contribution in [-0.4, -0.2) is 32.3 Å². The number of hydrogen-bond donors (Lipinski definition) is 2. The SMILES string of the molecule is CN=C(NCc1ccc(OCc2cccc(F)c2)cc1)NCC1CCCO1. The number of nitrogens with zero attached hydrogens (tertiary/aromatic N) is 1. The van der Waals surface area contributed by atoms with Crippen molar-refractivity contribution in [3.8, 4) is 5.75 Å². The summed E-state index contributed by atoms with van der Waals surface area (Å²) in [7, 11) is 1.76. The average Bonchev–Trinajstić information content (AvgIpc) is 3.21. The van der Waals surface area contributed by atoms with E-state index in [0.717, 1.165) is 48.8 Å². The Bertz CT molecular complexity index is 743. The molecular formula is C21H26FN3O2. The lowest BCUT2D eigenvalue weighted by atomic mass is 10.2. The van der Waals surface area contributed by atoms with Crippen molar-refractivity contribution in [1.29, 1.82) is 0 Å². The molecule has 2 aromatic rings. The monoisotopic (exact) mass is 371 g/mol. The fourth-order valence-electron chi connectivity index (χ4n) is 2.92. The minimum Gasteiger partial charge on any atom is -0.489 e. The summed E-state index contributed by atoms with van der Waals surface area (Å²) >= 11 is 0. The number of benzene rings is 2. The molecule has 1 aliphatic heterocycles. The van der Waals surface area contributed by atoms with Gasteiger partial charge in [-0.25, -0.2) is 4.39 Å². The largest absolute Gasteiger partial charge is 0.489 e. The van der Waals surface area contributed by atoms with Crippen molar-refractivity contribution in [3.05, 3.63) is 65.5 Å². The van der Waals surface area contributed by atoms with Crippen LogP contribution in [0.3, 0.4) is 0 Å². The summed E-state index contributed by atoms with van der Waals surface area (Å²) in [6.07, 6.45) is 2.51. The molecule has 0 radical (unpaired) electrons. The van der Waals surface area contributed by atoms with Crippen LogP contribution in [0.5, 0.6) is 5.75 Å². The van der Waals surface area contributed by atoms with Crippen LogP contribution in [0.1, 0.15) is 24.0 Å². The molecule has 0 amide bonds. The van der Waals surface area contributed by atoms with Gasteiger partial charge in [0.25, 0.3) is 0 Å². The molecule has 3 rings (SSSR count). The smallest absolute Gasteiger partial charge is 0.191 e. The molecule has 1 fully saturated rings. The Labute approximate surface area is 159 Å². The maximum Gasteiger partial charge on any atom is 0.191 e. The van der Waals surface area contributed by atoms with Gasteiger partial charge < -0.3 is 20.1 Å². The quantitative estimate of drug-likeness (QED) is 0.580. The molecule has 1 unspecified atom stereocenters. The number of halogens is 1. The molecule has 0 saturated carbocycles. The van der Waals surface area contributed by atoms with E-state index in [1.54, 1.807) is 13.1 Å². The molecule has 5 nitrogen and oxygen atoms in total. The van der Waals surface area contributed by atoms with Gasteiger partial charge in [-0.2, -0.15) is 0 Å². The Morgan fingerprint density at radius 1 is 1.19 bits per heavy atom. The van der Waals surface area contributed by atoms with E-state index in [-0.39, 0.29) is 11.9 Å². The van der Waals surface area contributed by atoms with Crippen LogP contribution in [-0.2, 0) is 17.9 Å². The highest BCUT2D eigenvalue weighted by Crippen LogP contribution is 2.15. The molecule has 2 N–H and O–H groups in total. The standard InChI is InChI=1S/C21H26FN3O2/c1-23-21(25-14-20-6-3-11-26-20)24-13-16-7-9-19(10-8-16)27-15-17-4-2-5-18(22)12-17/h2,4-5,7-10,12,20H,3,6,11,13-15H2,1H3,(H2,23,24,25). The number of nitrogens with one attached hydrogen (secondary N) is 2. The van der Waals surface area contributed by atoms with Crippen molar-refractivity contribution in [3.63, 3.8) is 0 Å². The molecular weight excluding hydrogens is 345 g/mol. The van der Waals surface area contributed by atoms with Gasteiger partial charge in [-0.3, -0.25) is 4.99 Å². The van der Waals surface area contributed by atoms with Crippen molar-refractivity contribution < 1.29 is 13.9 Å². The Morgan fingerprint density at radius 2 is 2.04 bits per heavy atom. The molecule has 27 heavy (non-hydrogen) atoms. The zero-order valence-corrected chi connectivity index (χ0v) is 15.6. The molecule has 144 valence electrons. The second-order valence-electron chi connectivity index (χ2n) is 6.50. The summed E-state index contributed by atoms with van der Waals surface area (Å²) in [6, 6.07) is 14.3. The van der Waals surface area contributed by atoms with E-state index in [9.17, 15) is 4.39 Å². The Morgan fingerprint density at radius 3 is 2.74 bits per heavy atom. The first-order valence-electron chi connectivity index (χ1n) is 9.25. The Kier molecular flexibility index (Phi) is 7.04. The summed E-state index contributed by atoms with van der Waals surface area (Å²) in [5.74, 6) is 1.26. The van der Waals surface area contributed by atoms with E-state index in [1.807, 2.05) is 30.3 Å². The molecule has 1 aliphatic rings. The average molecular weight is 371 g/mol. The van der Waals surface area contributed by atoms with E-state index in [4.69, 9.17) is 9.47 Å². The number of guanidine groups is 1. The minimum absolute atomic E-state index is 0.251. The molecule has 1 saturated heterocycles. The fraction of sp³-hybridized carbons (Fsp3) is 0.381. The molecule has 0 aliphatic carbocycles. The Balaban J connectivity index is 1.42. The van der Waals surface area contributed by atoms with Gasteiger partial charge in [0.05, 0.1) is 6.10 Å². The van der Waals surface area contributed by atoms with Crippen LogP contribution >= 0.6 is 0 Å². The molecule has 6 heteroatoms. The second-order valence-corrected chi connectivity index (χ2v) is 6.50. The minimum atomic E-state index is -0.251. The van der Waals surface area contributed by atoms with Crippen LogP contribution in [0.15, 0.2) is 53.5 Å². The summed E-state index contributed by atoms with van der Waals surface area (Å²) in [5, 5.41) is 6.59. The first-order chi connectivity index (χ1) is 13.2. The topological polar surface area (TPSA) is 54.9 Å². The molecule has 0 aromatic heterocycles. The zero-order chi connectivity index (χ0) is 18.9. The van der Waals surface area contributed by atoms with Gasteiger partial charge in [-0.1, -0.05) is 24.3 Å². The van der Waals surface area contributed by atoms with E-state index in [0.29, 0.717) is 13.2 Å². The fourth-order valence-corrected chi connectivity index (χ4v) is 2.92. The van der Waals surface area contributed by atoms with E-state index in [2.05, 4.69) is 15.6 Å². The third kappa shape index (κ3) is 6.25. The summed E-state index contributed by atoms with van der Waals surface area (Å²) in [5.41, 5.74) is 1.93. The molecule has 1 atom stereocenters. The van der Waals surface area contributed by atoms with Gasteiger partial charge in [-0.15, -0.1) is 0 Å². The van der Waals surface area contributed by atoms with Crippen molar-refractivity contribution in [2.45, 2.75) is 32.1 Å². The highest BCUT2D eigenvalue weighted by atomic mass is 19.1. The third-order valence-corrected chi connectivity index (χ3v) is 4.42. The van der Waals surface area contributed by atoms with Gasteiger partial charge >= 0.3 is 0 Å². The van der Waals surface area contributed by atoms with Crippen LogP contribution < -0.4 is 15.4 Å². The van der Waals surface area contributed by atoms with Crippen LogP contribution in [0.4, 0.5) is 4.39 Å². The van der Waals surface area contributed by atoms with Crippen LogP contribution in [0, 0.1) is 5.82 Å². The first kappa shape index (κ1) is 19.2. The summed E-state index contributed by atoms with van der Waals surface area (Å²) in [6.45, 7) is 2.63. The van der Waals surface area contributed by atoms with Crippen LogP contribution in [0.2, 0.25) is 0 Å². The van der Waals surface area contributed by atoms with Gasteiger partial charge in [0.2, 0.25) is 0 Å². The van der Waals surface area contributed by atoms with Crippen LogP contribution in [0.25, 0.3) is 0 Å². The molecule has 2 aromatic carbocycles. The molecule has 0 bridgehead atoms. The number of ether oxygens (including phenoxy) is 2. The van der Waals surface area contributed by atoms with Crippen molar-refractivity contribution >= 4 is 5.96 Å². The van der Waals surface area contributed by atoms with Gasteiger partial charge in [-0.05, 0) is 48.2 Å². The number of rotatable bonds is 7. The number of aliphatic imine (C=N–C) groups is 1. The molecule has 1 heterocycles. The highest BCUT2D eigenvalue weighted by Gasteiger charge is 2.15. The number of hydrogen-bond acceptors (Lipinski definition) is 3. The first-order valence-corrected chi connectivity index (χ1v) is 9.25. The molecule has 0 spiro atoms. The lowest BCUT2D eigenvalue weighted by Crippen LogP contribution is -2.40. The maximum atomic E-state index is 13.2. The normalized spacial score (nSPS) is 17.0. The van der Waals surface area contributed by atoms with Gasteiger partial charge in [0.15, 0.2) is 5.96 Å². The van der Waals surface area contributed by atoms with E-state index < -0.39 is 0 Å². The van der Waals surface area contributed by atoms with Gasteiger partial charge in [0, 0.05) is 26.7 Å². The lowest BCUT2D eigenvalue weighted by molar-refractivity contribution is 0.114. The van der Waals surface area contributed by atoms with E-state index >= 15 is 0 Å². The zero-order valence-electron chi connectivity index (χ0n) is 15.6. The second kappa shape index (κ2) is 9.92.